The number of fused-ring (bicyclic) bond motifs is 1. The number of anilines is 1. The number of likely N-dealkylation sites (tertiary alicyclic amines) is 1. The van der Waals surface area contributed by atoms with Crippen molar-refractivity contribution in [3.05, 3.63) is 83.4 Å². The number of methoxy groups -OCH3 is 2. The maximum atomic E-state index is 13.9. The van der Waals surface area contributed by atoms with Crippen LogP contribution in [0.25, 0.3) is 11.0 Å². The number of carbonyl (C=O) groups excluding carboxylic acids is 2. The summed E-state index contributed by atoms with van der Waals surface area (Å²) < 4.78 is 13.1. The molecule has 6 rings (SSSR count). The van der Waals surface area contributed by atoms with E-state index in [1.807, 2.05) is 46.7 Å². The highest BCUT2D eigenvalue weighted by Crippen LogP contribution is 2.40. The highest BCUT2D eigenvalue weighted by atomic mass is 16.5. The number of rotatable bonds is 10. The molecule has 0 saturated carbocycles. The number of amides is 2. The number of hydrogen-bond donors (Lipinski definition) is 1. The van der Waals surface area contributed by atoms with Crippen molar-refractivity contribution in [1.82, 2.24) is 24.7 Å². The van der Waals surface area contributed by atoms with Crippen LogP contribution in [0.4, 0.5) is 5.95 Å². The molecule has 0 bridgehead atoms. The first-order valence-electron chi connectivity index (χ1n) is 16.6. The monoisotopic (exact) mass is 638 g/mol. The Morgan fingerprint density at radius 2 is 1.72 bits per heavy atom. The number of para-hydroxylation sites is 2. The molecule has 2 saturated heterocycles. The van der Waals surface area contributed by atoms with Crippen molar-refractivity contribution in [1.29, 1.82) is 0 Å². The molecule has 3 aromatic carbocycles. The highest BCUT2D eigenvalue weighted by molar-refractivity contribution is 5.95. The summed E-state index contributed by atoms with van der Waals surface area (Å²) in [6, 6.07) is 22.4. The number of carbonyl (C=O) groups is 2. The number of hydrogen-bond acceptors (Lipinski definition) is 7. The lowest BCUT2D eigenvalue weighted by Crippen LogP contribution is -2.39. The summed E-state index contributed by atoms with van der Waals surface area (Å²) in [5.74, 6) is 2.07. The van der Waals surface area contributed by atoms with Gasteiger partial charge in [0.2, 0.25) is 11.9 Å². The zero-order valence-electron chi connectivity index (χ0n) is 28.0. The third-order valence-corrected chi connectivity index (χ3v) is 9.93. The first kappa shape index (κ1) is 32.4. The number of benzene rings is 3. The van der Waals surface area contributed by atoms with Crippen LogP contribution in [0.3, 0.4) is 0 Å². The molecule has 1 aromatic heterocycles. The van der Waals surface area contributed by atoms with Gasteiger partial charge in [0.15, 0.2) is 11.5 Å². The quantitative estimate of drug-likeness (QED) is 0.274. The van der Waals surface area contributed by atoms with E-state index in [9.17, 15) is 9.59 Å². The number of aromatic nitrogens is 2. The Hall–Kier alpha value is -4.57. The summed E-state index contributed by atoms with van der Waals surface area (Å²) in [5, 5.41) is 2.76. The number of aryl methyl sites for hydroxylation is 1. The molecule has 0 spiro atoms. The van der Waals surface area contributed by atoms with E-state index < -0.39 is 0 Å². The van der Waals surface area contributed by atoms with Crippen LogP contribution < -0.4 is 19.7 Å². The second-order valence-corrected chi connectivity index (χ2v) is 12.7. The Kier molecular flexibility index (Phi) is 9.68. The lowest BCUT2D eigenvalue weighted by molar-refractivity contribution is -0.121. The maximum absolute atomic E-state index is 13.9. The summed E-state index contributed by atoms with van der Waals surface area (Å²) in [5.41, 5.74) is 4.54. The van der Waals surface area contributed by atoms with E-state index in [2.05, 4.69) is 45.4 Å². The Bertz CT molecular complexity index is 1720. The smallest absolute Gasteiger partial charge is 0.254 e. The van der Waals surface area contributed by atoms with Crippen molar-refractivity contribution in [3.63, 3.8) is 0 Å². The molecule has 10 heteroatoms. The first-order chi connectivity index (χ1) is 22.9. The summed E-state index contributed by atoms with van der Waals surface area (Å²) in [7, 11) is 4.89. The molecule has 1 unspecified atom stereocenters. The summed E-state index contributed by atoms with van der Waals surface area (Å²) in [6.07, 6.45) is 2.88. The average Bonchev–Trinajstić information content (AvgIpc) is 3.62. The lowest BCUT2D eigenvalue weighted by atomic mass is 9.76. The van der Waals surface area contributed by atoms with Gasteiger partial charge in [-0.3, -0.25) is 9.59 Å². The number of nitrogens with zero attached hydrogens (tertiary/aromatic N) is 5. The Labute approximate surface area is 277 Å². The second kappa shape index (κ2) is 14.0. The Morgan fingerprint density at radius 1 is 0.936 bits per heavy atom. The molecule has 10 nitrogen and oxygen atoms in total. The largest absolute Gasteiger partial charge is 0.493 e. The standard InChI is InChI=1S/C37H46N6O4/c1-27-23-28(24-32(46-3)34(27)47-4)35(45)42-20-16-37(26-42,29-11-6-5-7-12-29)15-19-40-17-10-18-41(22-21-40)36-39-30-13-8-9-14-31(30)43(36)25-33(44)38-2/h5-9,11-14,23-24H,10,15-22,25-26H2,1-4H3,(H,38,44). The second-order valence-electron chi connectivity index (χ2n) is 12.7. The van der Waals surface area contributed by atoms with Gasteiger partial charge in [-0.25, -0.2) is 4.98 Å². The number of likely N-dealkylation sites (N-methyl/N-ethyl adjacent to an activating group) is 1. The molecule has 4 aromatic rings. The summed E-state index contributed by atoms with van der Waals surface area (Å²) in [4.78, 5) is 38.2. The summed E-state index contributed by atoms with van der Waals surface area (Å²) >= 11 is 0. The molecular formula is C37H46N6O4. The maximum Gasteiger partial charge on any atom is 0.254 e. The minimum atomic E-state index is -0.129. The predicted octanol–water partition coefficient (Wildman–Crippen LogP) is 4.49. The van der Waals surface area contributed by atoms with Crippen molar-refractivity contribution in [2.75, 3.05) is 72.0 Å². The molecule has 1 atom stereocenters. The van der Waals surface area contributed by atoms with Gasteiger partial charge in [-0.05, 0) is 74.7 Å². The molecule has 0 aliphatic carbocycles. The van der Waals surface area contributed by atoms with E-state index in [1.165, 1.54) is 5.56 Å². The molecule has 248 valence electrons. The van der Waals surface area contributed by atoms with Gasteiger partial charge in [-0.2, -0.15) is 0 Å². The molecule has 2 aliphatic heterocycles. The zero-order valence-corrected chi connectivity index (χ0v) is 28.0. The van der Waals surface area contributed by atoms with Crippen LogP contribution >= 0.6 is 0 Å². The summed E-state index contributed by atoms with van der Waals surface area (Å²) in [6.45, 7) is 8.11. The van der Waals surface area contributed by atoms with Crippen LogP contribution in [-0.2, 0) is 16.8 Å². The van der Waals surface area contributed by atoms with Gasteiger partial charge in [-0.15, -0.1) is 0 Å². The van der Waals surface area contributed by atoms with Gasteiger partial charge >= 0.3 is 0 Å². The van der Waals surface area contributed by atoms with Gasteiger partial charge in [0.1, 0.15) is 6.54 Å². The molecule has 2 amide bonds. The third-order valence-electron chi connectivity index (χ3n) is 9.93. The van der Waals surface area contributed by atoms with Gasteiger partial charge in [0, 0.05) is 50.7 Å². The van der Waals surface area contributed by atoms with E-state index >= 15 is 0 Å². The van der Waals surface area contributed by atoms with Crippen LogP contribution in [0, 0.1) is 6.92 Å². The first-order valence-corrected chi connectivity index (χ1v) is 16.6. The Balaban J connectivity index is 1.17. The molecule has 47 heavy (non-hydrogen) atoms. The average molecular weight is 639 g/mol. The molecule has 2 fully saturated rings. The zero-order chi connectivity index (χ0) is 33.0. The van der Waals surface area contributed by atoms with Crippen LogP contribution in [0.2, 0.25) is 0 Å². The highest BCUT2D eigenvalue weighted by Gasteiger charge is 2.41. The minimum Gasteiger partial charge on any atom is -0.493 e. The van der Waals surface area contributed by atoms with E-state index in [-0.39, 0.29) is 23.8 Å². The molecule has 3 heterocycles. The Morgan fingerprint density at radius 3 is 2.49 bits per heavy atom. The molecule has 1 N–H and O–H groups in total. The molecule has 0 radical (unpaired) electrons. The van der Waals surface area contributed by atoms with Crippen molar-refractivity contribution >= 4 is 28.8 Å². The fraction of sp³-hybridized carbons (Fsp3) is 0.432. The van der Waals surface area contributed by atoms with Crippen LogP contribution in [0.1, 0.15) is 40.7 Å². The molecule has 2 aliphatic rings. The van der Waals surface area contributed by atoms with Crippen molar-refractivity contribution in [2.45, 2.75) is 38.1 Å². The van der Waals surface area contributed by atoms with Gasteiger partial charge < -0.3 is 34.1 Å². The number of nitrogens with one attached hydrogen (secondary N) is 1. The van der Waals surface area contributed by atoms with Gasteiger partial charge in [0.05, 0.1) is 25.3 Å². The lowest BCUT2D eigenvalue weighted by Gasteiger charge is -2.33. The van der Waals surface area contributed by atoms with Crippen LogP contribution in [-0.4, -0.2) is 98.2 Å². The van der Waals surface area contributed by atoms with Crippen molar-refractivity contribution in [3.8, 4) is 11.5 Å². The fourth-order valence-electron chi connectivity index (χ4n) is 7.33. The molecular weight excluding hydrogens is 592 g/mol. The number of ether oxygens (including phenoxy) is 2. The minimum absolute atomic E-state index is 0.0249. The van der Waals surface area contributed by atoms with E-state index in [0.717, 1.165) is 74.5 Å². The van der Waals surface area contributed by atoms with E-state index in [0.29, 0.717) is 30.2 Å². The number of imidazole rings is 1. The van der Waals surface area contributed by atoms with Gasteiger partial charge in [0.25, 0.3) is 5.91 Å². The third kappa shape index (κ3) is 6.65. The topological polar surface area (TPSA) is 92.2 Å². The van der Waals surface area contributed by atoms with E-state index in [1.54, 1.807) is 27.3 Å². The van der Waals surface area contributed by atoms with Crippen LogP contribution in [0.15, 0.2) is 66.7 Å². The van der Waals surface area contributed by atoms with Crippen LogP contribution in [0.5, 0.6) is 11.5 Å². The van der Waals surface area contributed by atoms with E-state index in [4.69, 9.17) is 14.5 Å². The normalized spacial score (nSPS) is 18.7. The fourth-order valence-corrected chi connectivity index (χ4v) is 7.33. The SMILES string of the molecule is CNC(=O)Cn1c(N2CCCN(CCC3(c4ccccc4)CCN(C(=O)c4cc(C)c(OC)c(OC)c4)C3)CC2)nc2ccccc21. The predicted molar refractivity (Wildman–Crippen MR) is 185 cm³/mol. The van der Waals surface area contributed by atoms with Crippen molar-refractivity contribution in [2.24, 2.45) is 0 Å². The van der Waals surface area contributed by atoms with Gasteiger partial charge in [-0.1, -0.05) is 42.5 Å². The van der Waals surface area contributed by atoms with Crippen molar-refractivity contribution < 1.29 is 19.1 Å².